The van der Waals surface area contributed by atoms with Crippen molar-refractivity contribution in [1.82, 2.24) is 5.32 Å². The van der Waals surface area contributed by atoms with E-state index in [1.165, 1.54) is 11.1 Å². The Kier molecular flexibility index (Phi) is 4.51. The molecule has 0 radical (unpaired) electrons. The zero-order valence-corrected chi connectivity index (χ0v) is 10.6. The lowest BCUT2D eigenvalue weighted by molar-refractivity contribution is 0.243. The van der Waals surface area contributed by atoms with Gasteiger partial charge in [-0.05, 0) is 18.1 Å². The van der Waals surface area contributed by atoms with E-state index in [4.69, 9.17) is 0 Å². The van der Waals surface area contributed by atoms with Gasteiger partial charge in [-0.25, -0.2) is 0 Å². The minimum atomic E-state index is -0.00916. The topological polar surface area (TPSA) is 32.3 Å². The molecule has 0 fully saturated rings. The maximum atomic E-state index is 9.49. The van der Waals surface area contributed by atoms with Gasteiger partial charge in [0.25, 0.3) is 0 Å². The van der Waals surface area contributed by atoms with Crippen molar-refractivity contribution in [2.24, 2.45) is 0 Å². The fraction of sp³-hybridized carbons (Fsp3) is 0.250. The molecule has 0 heterocycles. The summed E-state index contributed by atoms with van der Waals surface area (Å²) in [4.78, 5) is 0. The highest BCUT2D eigenvalue weighted by Gasteiger charge is 2.09. The molecule has 0 aliphatic rings. The normalized spacial score (nSPS) is 12.3. The van der Waals surface area contributed by atoms with E-state index in [2.05, 4.69) is 36.5 Å². The Balaban J connectivity index is 2.02. The Hall–Kier alpha value is -1.64. The van der Waals surface area contributed by atoms with Gasteiger partial charge in [0.1, 0.15) is 0 Å². The molecule has 2 rings (SSSR count). The molecule has 0 aliphatic heterocycles. The largest absolute Gasteiger partial charge is 0.394 e. The number of aliphatic hydroxyl groups excluding tert-OH is 1. The summed E-state index contributed by atoms with van der Waals surface area (Å²) >= 11 is 0. The van der Waals surface area contributed by atoms with E-state index in [1.54, 1.807) is 0 Å². The van der Waals surface area contributed by atoms with Crippen LogP contribution in [-0.4, -0.2) is 11.7 Å². The molecule has 0 aliphatic carbocycles. The van der Waals surface area contributed by atoms with Crippen molar-refractivity contribution in [2.45, 2.75) is 19.5 Å². The summed E-state index contributed by atoms with van der Waals surface area (Å²) < 4.78 is 0. The van der Waals surface area contributed by atoms with Crippen LogP contribution in [0.1, 0.15) is 22.7 Å². The number of benzene rings is 2. The summed E-state index contributed by atoms with van der Waals surface area (Å²) in [6.07, 6.45) is 0. The highest BCUT2D eigenvalue weighted by atomic mass is 16.3. The van der Waals surface area contributed by atoms with Crippen LogP contribution in [0.3, 0.4) is 0 Å². The Morgan fingerprint density at radius 2 is 1.83 bits per heavy atom. The molecule has 2 N–H and O–H groups in total. The molecule has 0 aromatic heterocycles. The van der Waals surface area contributed by atoms with Gasteiger partial charge in [0, 0.05) is 6.54 Å². The van der Waals surface area contributed by atoms with E-state index in [9.17, 15) is 5.11 Å². The minimum absolute atomic E-state index is 0.00916. The lowest BCUT2D eigenvalue weighted by Gasteiger charge is -2.17. The van der Waals surface area contributed by atoms with Crippen LogP contribution in [0.5, 0.6) is 0 Å². The van der Waals surface area contributed by atoms with E-state index >= 15 is 0 Å². The first-order valence-electron chi connectivity index (χ1n) is 6.24. The van der Waals surface area contributed by atoms with Gasteiger partial charge in [0.05, 0.1) is 12.6 Å². The number of rotatable bonds is 5. The van der Waals surface area contributed by atoms with Crippen LogP contribution in [0.25, 0.3) is 0 Å². The molecule has 2 heteroatoms. The van der Waals surface area contributed by atoms with Gasteiger partial charge in [-0.2, -0.15) is 0 Å². The molecule has 94 valence electrons. The molecule has 2 aromatic carbocycles. The third-order valence-electron chi connectivity index (χ3n) is 3.02. The maximum absolute atomic E-state index is 9.49. The lowest BCUT2D eigenvalue weighted by Crippen LogP contribution is -2.24. The molecule has 1 unspecified atom stereocenters. The van der Waals surface area contributed by atoms with E-state index in [-0.39, 0.29) is 12.6 Å². The third kappa shape index (κ3) is 3.42. The summed E-state index contributed by atoms with van der Waals surface area (Å²) in [5.41, 5.74) is 3.57. The molecule has 0 saturated carbocycles. The molecule has 0 bridgehead atoms. The second kappa shape index (κ2) is 6.34. The van der Waals surface area contributed by atoms with Crippen LogP contribution < -0.4 is 5.32 Å². The molecular formula is C16H19NO. The van der Waals surface area contributed by atoms with Crippen molar-refractivity contribution < 1.29 is 5.11 Å². The maximum Gasteiger partial charge on any atom is 0.0626 e. The van der Waals surface area contributed by atoms with Gasteiger partial charge in [-0.3, -0.25) is 0 Å². The molecule has 1 atom stereocenters. The molecule has 0 spiro atoms. The number of aliphatic hydroxyl groups is 1. The van der Waals surface area contributed by atoms with Crippen molar-refractivity contribution in [3.8, 4) is 0 Å². The second-order valence-corrected chi connectivity index (χ2v) is 4.52. The number of hydrogen-bond acceptors (Lipinski definition) is 2. The molecular weight excluding hydrogens is 222 g/mol. The average Bonchev–Trinajstić information content (AvgIpc) is 2.41. The molecule has 2 nitrogen and oxygen atoms in total. The van der Waals surface area contributed by atoms with Crippen molar-refractivity contribution >= 4 is 0 Å². The Morgan fingerprint density at radius 1 is 1.06 bits per heavy atom. The summed E-state index contributed by atoms with van der Waals surface area (Å²) in [6, 6.07) is 18.5. The second-order valence-electron chi connectivity index (χ2n) is 4.52. The fourth-order valence-corrected chi connectivity index (χ4v) is 2.01. The Labute approximate surface area is 108 Å². The third-order valence-corrected chi connectivity index (χ3v) is 3.02. The monoisotopic (exact) mass is 241 g/mol. The highest BCUT2D eigenvalue weighted by molar-refractivity contribution is 5.25. The average molecular weight is 241 g/mol. The number of hydrogen-bond donors (Lipinski definition) is 2. The zero-order chi connectivity index (χ0) is 12.8. The predicted molar refractivity (Wildman–Crippen MR) is 74.3 cm³/mol. The first-order chi connectivity index (χ1) is 8.79. The zero-order valence-electron chi connectivity index (χ0n) is 10.6. The first-order valence-corrected chi connectivity index (χ1v) is 6.24. The summed E-state index contributed by atoms with van der Waals surface area (Å²) in [5, 5.41) is 12.9. The van der Waals surface area contributed by atoms with Crippen molar-refractivity contribution in [1.29, 1.82) is 0 Å². The molecule has 18 heavy (non-hydrogen) atoms. The van der Waals surface area contributed by atoms with Gasteiger partial charge < -0.3 is 10.4 Å². The lowest BCUT2D eigenvalue weighted by atomic mass is 10.0. The van der Waals surface area contributed by atoms with E-state index in [0.29, 0.717) is 0 Å². The van der Waals surface area contributed by atoms with Gasteiger partial charge in [-0.1, -0.05) is 60.2 Å². The van der Waals surface area contributed by atoms with Crippen molar-refractivity contribution in [3.63, 3.8) is 0 Å². The van der Waals surface area contributed by atoms with Crippen molar-refractivity contribution in [3.05, 3.63) is 71.3 Å². The fourth-order valence-electron chi connectivity index (χ4n) is 2.01. The number of aryl methyl sites for hydroxylation is 1. The highest BCUT2D eigenvalue weighted by Crippen LogP contribution is 2.14. The van der Waals surface area contributed by atoms with E-state index < -0.39 is 0 Å². The van der Waals surface area contributed by atoms with Gasteiger partial charge in [0.2, 0.25) is 0 Å². The van der Waals surface area contributed by atoms with Crippen LogP contribution in [0, 0.1) is 6.92 Å². The van der Waals surface area contributed by atoms with Gasteiger partial charge in [-0.15, -0.1) is 0 Å². The van der Waals surface area contributed by atoms with Crippen LogP contribution >= 0.6 is 0 Å². The number of nitrogens with one attached hydrogen (secondary N) is 1. The first kappa shape index (κ1) is 12.8. The molecule has 0 amide bonds. The molecule has 2 aromatic rings. The summed E-state index contributed by atoms with van der Waals surface area (Å²) in [5.74, 6) is 0. The minimum Gasteiger partial charge on any atom is -0.394 e. The molecule has 0 saturated heterocycles. The quantitative estimate of drug-likeness (QED) is 0.843. The van der Waals surface area contributed by atoms with Crippen molar-refractivity contribution in [2.75, 3.05) is 6.61 Å². The summed E-state index contributed by atoms with van der Waals surface area (Å²) in [7, 11) is 0. The predicted octanol–water partition coefficient (Wildman–Crippen LogP) is 2.82. The Morgan fingerprint density at radius 3 is 2.50 bits per heavy atom. The van der Waals surface area contributed by atoms with Crippen LogP contribution in [0.2, 0.25) is 0 Å². The van der Waals surface area contributed by atoms with Crippen LogP contribution in [-0.2, 0) is 6.54 Å². The van der Waals surface area contributed by atoms with E-state index in [1.807, 2.05) is 30.3 Å². The Bertz CT molecular complexity index is 481. The van der Waals surface area contributed by atoms with Crippen LogP contribution in [0.15, 0.2) is 54.6 Å². The van der Waals surface area contributed by atoms with Crippen LogP contribution in [0.4, 0.5) is 0 Å². The van der Waals surface area contributed by atoms with Gasteiger partial charge >= 0.3 is 0 Å². The SMILES string of the molecule is Cc1cccc(C(CO)NCc2ccccc2)c1. The van der Waals surface area contributed by atoms with E-state index in [0.717, 1.165) is 12.1 Å². The summed E-state index contributed by atoms with van der Waals surface area (Å²) in [6.45, 7) is 2.94. The van der Waals surface area contributed by atoms with Gasteiger partial charge in [0.15, 0.2) is 0 Å². The standard InChI is InChI=1S/C16H19NO/c1-13-6-5-9-15(10-13)16(12-18)17-11-14-7-3-2-4-8-14/h2-10,16-18H,11-12H2,1H3. The smallest absolute Gasteiger partial charge is 0.0626 e.